The molecule has 3 N–H and O–H groups in total. The summed E-state index contributed by atoms with van der Waals surface area (Å²) in [6.07, 6.45) is 4.93. The Bertz CT molecular complexity index is 1820. The number of aromatic nitrogens is 4. The van der Waals surface area contributed by atoms with Crippen LogP contribution in [0.25, 0.3) is 22.0 Å². The molecule has 2 aromatic carbocycles. The van der Waals surface area contributed by atoms with Gasteiger partial charge in [0.1, 0.15) is 11.5 Å². The van der Waals surface area contributed by atoms with Crippen LogP contribution < -0.4 is 20.9 Å². The van der Waals surface area contributed by atoms with Gasteiger partial charge in [0.2, 0.25) is 11.9 Å². The normalized spacial score (nSPS) is 13.8. The fourth-order valence-electron chi connectivity index (χ4n) is 4.83. The van der Waals surface area contributed by atoms with Crippen molar-refractivity contribution in [1.29, 1.82) is 0 Å². The smallest absolute Gasteiger partial charge is 0.274 e. The minimum absolute atomic E-state index is 0.0632. The topological polar surface area (TPSA) is 125 Å². The number of carbonyl (C=O) groups excluding carboxylic acids is 2. The Balaban J connectivity index is 1.27. The number of benzene rings is 2. The average molecular weight is 597 g/mol. The number of anilines is 3. The first-order chi connectivity index (χ1) is 20.9. The molecule has 216 valence electrons. The highest BCUT2D eigenvalue weighted by Gasteiger charge is 2.21. The average Bonchev–Trinajstić information content (AvgIpc) is 3.03. The Morgan fingerprint density at radius 2 is 1.81 bits per heavy atom. The number of rotatable bonds is 7. The van der Waals surface area contributed by atoms with Crippen molar-refractivity contribution in [3.05, 3.63) is 101 Å². The molecule has 1 aliphatic rings. The minimum atomic E-state index is -0.652. The Kier molecular flexibility index (Phi) is 7.80. The summed E-state index contributed by atoms with van der Waals surface area (Å²) in [5.41, 5.74) is 3.54. The number of nitrogens with zero attached hydrogens (tertiary/aromatic N) is 5. The first-order valence-corrected chi connectivity index (χ1v) is 14.0. The molecular weight excluding hydrogens is 571 g/mol. The number of nitrogens with one attached hydrogen (secondary N) is 3. The Morgan fingerprint density at radius 3 is 2.58 bits per heavy atom. The summed E-state index contributed by atoms with van der Waals surface area (Å²) in [6, 6.07) is 16.5. The molecule has 2 amide bonds. The summed E-state index contributed by atoms with van der Waals surface area (Å²) >= 11 is 6.60. The van der Waals surface area contributed by atoms with Crippen molar-refractivity contribution in [3.8, 4) is 11.1 Å². The number of hydrogen-bond acceptors (Lipinski definition) is 8. The molecule has 43 heavy (non-hydrogen) atoms. The van der Waals surface area contributed by atoms with E-state index < -0.39 is 17.8 Å². The van der Waals surface area contributed by atoms with Crippen LogP contribution in [-0.2, 0) is 4.79 Å². The fourth-order valence-corrected chi connectivity index (χ4v) is 5.03. The molecule has 6 rings (SSSR count). The maximum Gasteiger partial charge on any atom is 0.274 e. The van der Waals surface area contributed by atoms with Gasteiger partial charge in [-0.2, -0.15) is 0 Å². The molecule has 0 spiro atoms. The van der Waals surface area contributed by atoms with Crippen LogP contribution >= 0.6 is 11.6 Å². The number of amides is 2. The van der Waals surface area contributed by atoms with Gasteiger partial charge in [-0.15, -0.1) is 0 Å². The van der Waals surface area contributed by atoms with Gasteiger partial charge in [0.25, 0.3) is 5.91 Å². The lowest BCUT2D eigenvalue weighted by molar-refractivity contribution is -0.120. The zero-order chi connectivity index (χ0) is 29.9. The van der Waals surface area contributed by atoms with Gasteiger partial charge >= 0.3 is 0 Å². The van der Waals surface area contributed by atoms with Crippen molar-refractivity contribution in [3.63, 3.8) is 0 Å². The third-order valence-corrected chi connectivity index (χ3v) is 7.31. The lowest BCUT2D eigenvalue weighted by atomic mass is 10.0. The van der Waals surface area contributed by atoms with Gasteiger partial charge in [-0.05, 0) is 48.9 Å². The second-order valence-electron chi connectivity index (χ2n) is 10.0. The quantitative estimate of drug-likeness (QED) is 0.233. The van der Waals surface area contributed by atoms with Gasteiger partial charge in [0, 0.05) is 48.3 Å². The molecule has 0 saturated carbocycles. The molecule has 1 saturated heterocycles. The highest BCUT2D eigenvalue weighted by molar-refractivity contribution is 6.34. The van der Waals surface area contributed by atoms with E-state index in [4.69, 9.17) is 11.6 Å². The molecule has 5 aromatic rings. The fraction of sp³-hybridized carbons (Fsp3) is 0.161. The number of fused-ring (bicyclic) bond motifs is 1. The third-order valence-electron chi connectivity index (χ3n) is 7.02. The van der Waals surface area contributed by atoms with Crippen molar-refractivity contribution in [2.75, 3.05) is 35.2 Å². The summed E-state index contributed by atoms with van der Waals surface area (Å²) in [4.78, 5) is 44.1. The van der Waals surface area contributed by atoms with Gasteiger partial charge < -0.3 is 20.9 Å². The van der Waals surface area contributed by atoms with E-state index in [1.807, 2.05) is 29.2 Å². The number of piperazine rings is 1. The molecule has 1 aliphatic heterocycles. The van der Waals surface area contributed by atoms with Crippen LogP contribution in [0.1, 0.15) is 29.1 Å². The van der Waals surface area contributed by atoms with Gasteiger partial charge in [-0.25, -0.2) is 19.3 Å². The van der Waals surface area contributed by atoms with E-state index in [2.05, 4.69) is 35.9 Å². The highest BCUT2D eigenvalue weighted by Crippen LogP contribution is 2.35. The molecule has 1 atom stereocenters. The summed E-state index contributed by atoms with van der Waals surface area (Å²) in [7, 11) is 0. The maximum atomic E-state index is 15.0. The summed E-state index contributed by atoms with van der Waals surface area (Å²) in [5.74, 6) is -0.595. The Labute approximate surface area is 251 Å². The lowest BCUT2D eigenvalue weighted by Gasteiger charge is -2.26. The van der Waals surface area contributed by atoms with E-state index in [0.29, 0.717) is 46.3 Å². The first kappa shape index (κ1) is 28.0. The predicted molar refractivity (Wildman–Crippen MR) is 164 cm³/mol. The third kappa shape index (κ3) is 6.07. The van der Waals surface area contributed by atoms with Crippen molar-refractivity contribution in [1.82, 2.24) is 25.3 Å². The van der Waals surface area contributed by atoms with E-state index in [1.54, 1.807) is 43.6 Å². The molecule has 4 heterocycles. The van der Waals surface area contributed by atoms with Crippen molar-refractivity contribution in [2.24, 2.45) is 0 Å². The zero-order valence-corrected chi connectivity index (χ0v) is 23.8. The molecule has 12 heteroatoms. The van der Waals surface area contributed by atoms with Crippen LogP contribution in [0.2, 0.25) is 5.02 Å². The van der Waals surface area contributed by atoms with Crippen LogP contribution in [-0.4, -0.2) is 51.4 Å². The molecule has 1 fully saturated rings. The first-order valence-electron chi connectivity index (χ1n) is 13.6. The van der Waals surface area contributed by atoms with Crippen molar-refractivity contribution < 1.29 is 14.0 Å². The number of pyridine rings is 2. The monoisotopic (exact) mass is 596 g/mol. The molecule has 0 radical (unpaired) electrons. The van der Waals surface area contributed by atoms with E-state index in [9.17, 15) is 14.0 Å². The minimum Gasteiger partial charge on any atom is -0.375 e. The number of para-hydroxylation sites is 1. The number of hydrogen-bond donors (Lipinski definition) is 3. The highest BCUT2D eigenvalue weighted by atomic mass is 35.5. The SMILES string of the molecule is CC(Nc1c(Cl)cnc2ccc(-c3cnc(N4CCNC(=O)C4)nc3)cc12)c1nc(C(=O)Nc2ccccc2)ccc1F. The standard InChI is InChI=1S/C31H26ClFN8O2/c1-18(28-24(33)8-10-26(40-28)30(43)39-21-5-3-2-4-6-21)38-29-22-13-19(7-9-25(22)35-16-23(29)32)20-14-36-31(37-15-20)41-12-11-34-27(42)17-41/h2-10,13-16,18H,11-12,17H2,1H3,(H,34,42)(H,35,38)(H,39,43). The van der Waals surface area contributed by atoms with Crippen molar-refractivity contribution >= 4 is 51.6 Å². The van der Waals surface area contributed by atoms with E-state index >= 15 is 0 Å². The second kappa shape index (κ2) is 12.0. The second-order valence-corrected chi connectivity index (χ2v) is 10.4. The van der Waals surface area contributed by atoms with Gasteiger partial charge in [-0.1, -0.05) is 35.9 Å². The summed E-state index contributed by atoms with van der Waals surface area (Å²) in [5, 5.41) is 9.87. The molecule has 3 aromatic heterocycles. The van der Waals surface area contributed by atoms with Crippen LogP contribution in [0.5, 0.6) is 0 Å². The zero-order valence-electron chi connectivity index (χ0n) is 23.0. The van der Waals surface area contributed by atoms with Crippen LogP contribution in [0.3, 0.4) is 0 Å². The molecule has 1 unspecified atom stereocenters. The van der Waals surface area contributed by atoms with Crippen LogP contribution in [0.4, 0.5) is 21.7 Å². The molecule has 10 nitrogen and oxygen atoms in total. The van der Waals surface area contributed by atoms with Gasteiger partial charge in [0.05, 0.1) is 34.5 Å². The Hall–Kier alpha value is -5.16. The van der Waals surface area contributed by atoms with E-state index in [0.717, 1.165) is 11.1 Å². The molecule has 0 bridgehead atoms. The molecule has 0 aliphatic carbocycles. The Morgan fingerprint density at radius 1 is 1.02 bits per heavy atom. The maximum absolute atomic E-state index is 15.0. The largest absolute Gasteiger partial charge is 0.375 e. The van der Waals surface area contributed by atoms with Crippen molar-refractivity contribution in [2.45, 2.75) is 13.0 Å². The van der Waals surface area contributed by atoms with E-state index in [-0.39, 0.29) is 23.8 Å². The van der Waals surface area contributed by atoms with Crippen LogP contribution in [0, 0.1) is 5.82 Å². The lowest BCUT2D eigenvalue weighted by Crippen LogP contribution is -2.48. The summed E-state index contributed by atoms with van der Waals surface area (Å²) < 4.78 is 15.0. The van der Waals surface area contributed by atoms with Gasteiger partial charge in [-0.3, -0.25) is 14.6 Å². The molecular formula is C31H26ClFN8O2. The van der Waals surface area contributed by atoms with Gasteiger partial charge in [0.15, 0.2) is 0 Å². The number of carbonyl (C=O) groups is 2. The van der Waals surface area contributed by atoms with E-state index in [1.165, 1.54) is 18.3 Å². The predicted octanol–water partition coefficient (Wildman–Crippen LogP) is 5.24. The number of halogens is 2. The van der Waals surface area contributed by atoms with Crippen LogP contribution in [0.15, 0.2) is 79.3 Å². The summed E-state index contributed by atoms with van der Waals surface area (Å²) in [6.45, 7) is 3.13.